The molecular weight excluding hydrogens is 478 g/mol. The molecule has 3 amide bonds. The van der Waals surface area contributed by atoms with E-state index in [9.17, 15) is 14.4 Å². The van der Waals surface area contributed by atoms with Crippen LogP contribution in [-0.4, -0.2) is 59.5 Å². The minimum Gasteiger partial charge on any atom is -0.445 e. The number of hydrogen-bond acceptors (Lipinski definition) is 7. The molecule has 3 heterocycles. The second kappa shape index (κ2) is 10.9. The predicted molar refractivity (Wildman–Crippen MR) is 137 cm³/mol. The highest BCUT2D eigenvalue weighted by molar-refractivity contribution is 7.14. The Morgan fingerprint density at radius 1 is 1.08 bits per heavy atom. The van der Waals surface area contributed by atoms with Crippen LogP contribution in [0, 0.1) is 0 Å². The molecule has 3 aromatic rings. The van der Waals surface area contributed by atoms with Crippen molar-refractivity contribution < 1.29 is 19.1 Å². The first-order valence-electron chi connectivity index (χ1n) is 11.9. The molecule has 1 aromatic heterocycles. The second-order valence-corrected chi connectivity index (χ2v) is 9.68. The van der Waals surface area contributed by atoms with Crippen LogP contribution in [0.3, 0.4) is 0 Å². The smallest absolute Gasteiger partial charge is 0.410 e. The van der Waals surface area contributed by atoms with Gasteiger partial charge < -0.3 is 20.7 Å². The number of benzene rings is 2. The average Bonchev–Trinajstić information content (AvgIpc) is 3.55. The fraction of sp³-hybridized carbons (Fsp3) is 0.308. The number of carbonyl (C=O) groups excluding carboxylic acids is 3. The first-order chi connectivity index (χ1) is 17.6. The molecule has 0 aliphatic carbocycles. The molecule has 10 heteroatoms. The fourth-order valence-corrected chi connectivity index (χ4v) is 4.89. The van der Waals surface area contributed by atoms with Crippen molar-refractivity contribution in [2.45, 2.75) is 31.5 Å². The van der Waals surface area contributed by atoms with Gasteiger partial charge in [0.1, 0.15) is 12.6 Å². The molecule has 9 nitrogen and oxygen atoms in total. The molecule has 2 aromatic carbocycles. The molecule has 2 saturated heterocycles. The minimum absolute atomic E-state index is 0.0947. The van der Waals surface area contributed by atoms with E-state index in [2.05, 4.69) is 20.9 Å². The Labute approximate surface area is 212 Å². The lowest BCUT2D eigenvalue weighted by Gasteiger charge is -2.27. The second-order valence-electron chi connectivity index (χ2n) is 8.82. The van der Waals surface area contributed by atoms with Crippen LogP contribution in [0.1, 0.15) is 28.8 Å². The summed E-state index contributed by atoms with van der Waals surface area (Å²) in [7, 11) is 0. The summed E-state index contributed by atoms with van der Waals surface area (Å²) in [4.78, 5) is 43.9. The molecule has 2 aliphatic heterocycles. The molecule has 0 radical (unpaired) electrons. The van der Waals surface area contributed by atoms with Crippen LogP contribution in [0.4, 0.5) is 9.93 Å². The van der Waals surface area contributed by atoms with E-state index in [1.165, 1.54) is 16.2 Å². The average molecular weight is 506 g/mol. The van der Waals surface area contributed by atoms with Crippen LogP contribution in [0.2, 0.25) is 0 Å². The first kappa shape index (κ1) is 24.0. The van der Waals surface area contributed by atoms with Crippen molar-refractivity contribution in [3.63, 3.8) is 0 Å². The van der Waals surface area contributed by atoms with Gasteiger partial charge in [0.25, 0.3) is 5.91 Å². The summed E-state index contributed by atoms with van der Waals surface area (Å²) in [6.45, 7) is 2.24. The lowest BCUT2D eigenvalue weighted by Crippen LogP contribution is -2.56. The van der Waals surface area contributed by atoms with E-state index < -0.39 is 12.1 Å². The largest absolute Gasteiger partial charge is 0.445 e. The maximum absolute atomic E-state index is 12.9. The van der Waals surface area contributed by atoms with Gasteiger partial charge >= 0.3 is 6.09 Å². The number of ether oxygens (including phenoxy) is 1. The summed E-state index contributed by atoms with van der Waals surface area (Å²) in [5.74, 6) is -0.370. The third-order valence-electron chi connectivity index (χ3n) is 6.29. The Balaban J connectivity index is 1.16. The van der Waals surface area contributed by atoms with Gasteiger partial charge in [-0.2, -0.15) is 0 Å². The quantitative estimate of drug-likeness (QED) is 0.454. The molecule has 36 heavy (non-hydrogen) atoms. The number of hydrogen-bond donors (Lipinski definition) is 3. The van der Waals surface area contributed by atoms with E-state index >= 15 is 0 Å². The molecule has 0 spiro atoms. The van der Waals surface area contributed by atoms with Gasteiger partial charge in [0.2, 0.25) is 5.91 Å². The lowest BCUT2D eigenvalue weighted by molar-refractivity contribution is -0.120. The number of amides is 3. The molecule has 5 rings (SSSR count). The van der Waals surface area contributed by atoms with Crippen LogP contribution < -0.4 is 16.0 Å². The summed E-state index contributed by atoms with van der Waals surface area (Å²) in [6, 6.07) is 16.3. The molecule has 1 unspecified atom stereocenters. The van der Waals surface area contributed by atoms with Gasteiger partial charge in [0.05, 0.1) is 11.7 Å². The van der Waals surface area contributed by atoms with E-state index in [1.54, 1.807) is 12.1 Å². The van der Waals surface area contributed by atoms with Gasteiger partial charge in [-0.15, -0.1) is 11.3 Å². The van der Waals surface area contributed by atoms with Crippen molar-refractivity contribution >= 4 is 34.4 Å². The van der Waals surface area contributed by atoms with Crippen LogP contribution in [-0.2, 0) is 16.1 Å². The first-order valence-corrected chi connectivity index (χ1v) is 12.8. The zero-order chi connectivity index (χ0) is 24.9. The number of rotatable bonds is 7. The Kier molecular flexibility index (Phi) is 7.24. The standard InChI is InChI=1S/C26H27N5O4S/c32-23(28-20-13-27-14-20)19-10-8-18(9-11-19)21-16-36-25(29-21)30-24(33)22-7-4-12-31(22)26(34)35-15-17-5-2-1-3-6-17/h1-3,5-6,8-11,16,20,22,27H,4,7,12-15H2,(H,28,32)(H,29,30,33). The number of aromatic nitrogens is 1. The monoisotopic (exact) mass is 505 g/mol. The van der Waals surface area contributed by atoms with Crippen molar-refractivity contribution in [3.8, 4) is 11.3 Å². The summed E-state index contributed by atoms with van der Waals surface area (Å²) in [5, 5.41) is 11.3. The van der Waals surface area contributed by atoms with E-state index in [-0.39, 0.29) is 24.5 Å². The van der Waals surface area contributed by atoms with Gasteiger partial charge in [0.15, 0.2) is 5.13 Å². The Morgan fingerprint density at radius 2 is 1.86 bits per heavy atom. The Morgan fingerprint density at radius 3 is 2.58 bits per heavy atom. The predicted octanol–water partition coefficient (Wildman–Crippen LogP) is 3.25. The van der Waals surface area contributed by atoms with Gasteiger partial charge in [-0.1, -0.05) is 42.5 Å². The summed E-state index contributed by atoms with van der Waals surface area (Å²) in [6.07, 6.45) is 0.818. The molecule has 3 N–H and O–H groups in total. The van der Waals surface area contributed by atoms with E-state index in [0.717, 1.165) is 30.6 Å². The van der Waals surface area contributed by atoms with Crippen LogP contribution in [0.5, 0.6) is 0 Å². The van der Waals surface area contributed by atoms with Crippen molar-refractivity contribution in [3.05, 3.63) is 71.1 Å². The fourth-order valence-electron chi connectivity index (χ4n) is 4.16. The molecular formula is C26H27N5O4S. The zero-order valence-corrected chi connectivity index (χ0v) is 20.4. The van der Waals surface area contributed by atoms with Crippen molar-refractivity contribution in [1.29, 1.82) is 0 Å². The van der Waals surface area contributed by atoms with Crippen LogP contribution >= 0.6 is 11.3 Å². The number of thiazole rings is 1. The lowest BCUT2D eigenvalue weighted by atomic mass is 10.1. The number of nitrogens with zero attached hydrogens (tertiary/aromatic N) is 2. The van der Waals surface area contributed by atoms with E-state index in [4.69, 9.17) is 4.74 Å². The van der Waals surface area contributed by atoms with Crippen LogP contribution in [0.25, 0.3) is 11.3 Å². The summed E-state index contributed by atoms with van der Waals surface area (Å²) in [5.41, 5.74) is 3.04. The molecule has 186 valence electrons. The molecule has 1 atom stereocenters. The highest BCUT2D eigenvalue weighted by Crippen LogP contribution is 2.27. The van der Waals surface area contributed by atoms with Gasteiger partial charge in [-0.05, 0) is 30.5 Å². The number of likely N-dealkylation sites (tertiary alicyclic amines) is 1. The van der Waals surface area contributed by atoms with Crippen LogP contribution in [0.15, 0.2) is 60.0 Å². The highest BCUT2D eigenvalue weighted by Gasteiger charge is 2.35. The highest BCUT2D eigenvalue weighted by atomic mass is 32.1. The maximum atomic E-state index is 12.9. The molecule has 2 fully saturated rings. The molecule has 0 saturated carbocycles. The minimum atomic E-state index is -0.593. The SMILES string of the molecule is O=C(NC1CNC1)c1ccc(-c2csc(NC(=O)C3CCCN3C(=O)OCc3ccccc3)n2)cc1. The van der Waals surface area contributed by atoms with Crippen molar-refractivity contribution in [1.82, 2.24) is 20.5 Å². The number of carbonyl (C=O) groups is 3. The normalized spacial score (nSPS) is 17.3. The van der Waals surface area contributed by atoms with Gasteiger partial charge in [-0.3, -0.25) is 14.5 Å². The van der Waals surface area contributed by atoms with E-state index in [1.807, 2.05) is 47.8 Å². The summed E-state index contributed by atoms with van der Waals surface area (Å²) >= 11 is 1.31. The maximum Gasteiger partial charge on any atom is 0.410 e. The van der Waals surface area contributed by atoms with E-state index in [0.29, 0.717) is 29.4 Å². The van der Waals surface area contributed by atoms with Crippen molar-refractivity contribution in [2.75, 3.05) is 25.0 Å². The third-order valence-corrected chi connectivity index (χ3v) is 7.05. The van der Waals surface area contributed by atoms with Gasteiger partial charge in [-0.25, -0.2) is 9.78 Å². The Hall–Kier alpha value is -3.76. The molecule has 0 bridgehead atoms. The van der Waals surface area contributed by atoms with Crippen molar-refractivity contribution in [2.24, 2.45) is 0 Å². The Bertz CT molecular complexity index is 1230. The number of anilines is 1. The molecule has 2 aliphatic rings. The zero-order valence-electron chi connectivity index (χ0n) is 19.6. The topological polar surface area (TPSA) is 113 Å². The number of nitrogens with one attached hydrogen (secondary N) is 3. The summed E-state index contributed by atoms with van der Waals surface area (Å²) < 4.78 is 5.42. The van der Waals surface area contributed by atoms with Gasteiger partial charge in [0, 0.05) is 36.1 Å². The third kappa shape index (κ3) is 5.55.